The minimum atomic E-state index is -0.468. The van der Waals surface area contributed by atoms with Gasteiger partial charge in [-0.3, -0.25) is 0 Å². The number of hydrogen-bond acceptors (Lipinski definition) is 10. The number of methoxy groups -OCH3 is 2. The van der Waals surface area contributed by atoms with Gasteiger partial charge in [-0.1, -0.05) is 29.6 Å². The van der Waals surface area contributed by atoms with Gasteiger partial charge < -0.3 is 14.5 Å². The second-order valence-corrected chi connectivity index (χ2v) is 9.24. The molecular weight excluding hydrogens is 554 g/mol. The van der Waals surface area contributed by atoms with Gasteiger partial charge in [0.15, 0.2) is 21.7 Å². The molecule has 0 aliphatic rings. The minimum absolute atomic E-state index is 0.252. The second-order valence-electron chi connectivity index (χ2n) is 6.84. The van der Waals surface area contributed by atoms with Gasteiger partial charge in [0.25, 0.3) is 0 Å². The molecule has 4 rings (SSSR count). The van der Waals surface area contributed by atoms with E-state index in [4.69, 9.17) is 4.74 Å². The van der Waals surface area contributed by atoms with Crippen LogP contribution in [0, 0.1) is 0 Å². The zero-order valence-electron chi connectivity index (χ0n) is 19.4. The zero-order valence-corrected chi connectivity index (χ0v) is 22.6. The lowest BCUT2D eigenvalue weighted by molar-refractivity contribution is 0.0582. The van der Waals surface area contributed by atoms with Crippen LogP contribution in [0.15, 0.2) is 57.6 Å². The summed E-state index contributed by atoms with van der Waals surface area (Å²) in [4.78, 5) is 42.8. The third-order valence-corrected chi connectivity index (χ3v) is 6.40. The van der Waals surface area contributed by atoms with Crippen LogP contribution in [0.2, 0.25) is 0 Å². The topological polar surface area (TPSA) is 120 Å². The number of esters is 2. The first kappa shape index (κ1) is 26.6. The Morgan fingerprint density at radius 2 is 1.57 bits per heavy atom. The zero-order chi connectivity index (χ0) is 25.4. The molecule has 0 amide bonds. The van der Waals surface area contributed by atoms with Crippen LogP contribution in [0.3, 0.4) is 0 Å². The molecule has 1 N–H and O–H groups in total. The molecule has 0 spiro atoms. The van der Waals surface area contributed by atoms with Gasteiger partial charge in [0, 0.05) is 36.1 Å². The van der Waals surface area contributed by atoms with Crippen molar-refractivity contribution in [3.8, 4) is 0 Å². The van der Waals surface area contributed by atoms with E-state index < -0.39 is 11.9 Å². The highest BCUT2D eigenvalue weighted by Gasteiger charge is 2.16. The highest BCUT2D eigenvalue weighted by atomic mass is 79.9. The average Bonchev–Trinajstić information content (AvgIpc) is 3.36. The fraction of sp³-hybridized carbons (Fsp3) is 0.217. The van der Waals surface area contributed by atoms with Gasteiger partial charge in [-0.15, -0.1) is 0 Å². The summed E-state index contributed by atoms with van der Waals surface area (Å²) in [7, 11) is 2.68. The number of nitrogens with one attached hydrogen (secondary N) is 1. The number of aromatic amines is 1. The summed E-state index contributed by atoms with van der Waals surface area (Å²) in [6, 6.07) is 8.17. The van der Waals surface area contributed by atoms with Gasteiger partial charge in [-0.25, -0.2) is 29.5 Å². The van der Waals surface area contributed by atoms with Crippen LogP contribution >= 0.6 is 39.5 Å². The van der Waals surface area contributed by atoms with Gasteiger partial charge in [0.05, 0.1) is 18.7 Å². The van der Waals surface area contributed by atoms with Crippen LogP contribution in [0.4, 0.5) is 0 Å². The third kappa shape index (κ3) is 6.80. The molecule has 3 heterocycles. The number of H-pyrrole nitrogens is 1. The van der Waals surface area contributed by atoms with Gasteiger partial charge >= 0.3 is 11.9 Å². The number of fused-ring (bicyclic) bond motifs is 1. The molecule has 0 atom stereocenters. The maximum atomic E-state index is 11.9. The molecule has 0 unspecified atom stereocenters. The Balaban J connectivity index is 0.000000225. The molecule has 1 aromatic carbocycles. The fourth-order valence-corrected chi connectivity index (χ4v) is 4.05. The molecule has 3 aromatic heterocycles. The van der Waals surface area contributed by atoms with Crippen molar-refractivity contribution in [2.75, 3.05) is 26.7 Å². The van der Waals surface area contributed by atoms with Gasteiger partial charge in [0.1, 0.15) is 0 Å². The van der Waals surface area contributed by atoms with Crippen LogP contribution in [0.5, 0.6) is 0 Å². The van der Waals surface area contributed by atoms with E-state index in [1.165, 1.54) is 43.9 Å². The predicted molar refractivity (Wildman–Crippen MR) is 139 cm³/mol. The number of nitrogens with zero attached hydrogens (tertiary/aromatic N) is 4. The number of aromatic nitrogens is 5. The number of rotatable bonds is 6. The predicted octanol–water partition coefficient (Wildman–Crippen LogP) is 4.80. The highest BCUT2D eigenvalue weighted by molar-refractivity contribution is 9.10. The van der Waals surface area contributed by atoms with Crippen molar-refractivity contribution in [1.82, 2.24) is 24.9 Å². The van der Waals surface area contributed by atoms with Crippen molar-refractivity contribution in [1.29, 1.82) is 0 Å². The highest BCUT2D eigenvalue weighted by Crippen LogP contribution is 2.20. The first-order valence-corrected chi connectivity index (χ1v) is 13.3. The fourth-order valence-electron chi connectivity index (χ4n) is 3.01. The summed E-state index contributed by atoms with van der Waals surface area (Å²) in [5.74, 6) is -0.903. The molecule has 0 saturated carbocycles. The summed E-state index contributed by atoms with van der Waals surface area (Å²) in [5.41, 5.74) is 3.53. The quantitative estimate of drug-likeness (QED) is 0.195. The molecule has 0 aliphatic carbocycles. The molecule has 182 valence electrons. The number of benzene rings is 1. The summed E-state index contributed by atoms with van der Waals surface area (Å²) < 4.78 is 9.92. The molecule has 0 aliphatic heterocycles. The molecule has 0 fully saturated rings. The average molecular weight is 576 g/mol. The molecule has 0 radical (unpaired) electrons. The SMILES string of the molecule is COC(=O)c1nc(SC)ncc1Br.COC(=O)c1nc(SC)ncc1Cc1ccc2[nH]ccc2c1. The lowest BCUT2D eigenvalue weighted by Crippen LogP contribution is -2.10. The van der Waals surface area contributed by atoms with E-state index in [2.05, 4.69) is 51.7 Å². The Morgan fingerprint density at radius 1 is 0.943 bits per heavy atom. The van der Waals surface area contributed by atoms with Crippen LogP contribution < -0.4 is 0 Å². The van der Waals surface area contributed by atoms with Gasteiger partial charge in [-0.2, -0.15) is 0 Å². The second kappa shape index (κ2) is 12.7. The van der Waals surface area contributed by atoms with Crippen molar-refractivity contribution in [3.05, 3.63) is 69.8 Å². The standard InChI is InChI=1S/C16H15N3O2S.C7H7BrN2O2S/c1-21-15(20)14-12(9-18-16(19-14)22-2)8-10-3-4-13-11(7-10)5-6-17-13;1-12-6(11)5-4(8)3-9-7(10-5)13-2/h3-7,9,17H,8H2,1-2H3;3H,1-2H3. The van der Waals surface area contributed by atoms with Crippen LogP contribution in [-0.2, 0) is 15.9 Å². The molecular formula is C23H22BrN5O4S2. The van der Waals surface area contributed by atoms with Gasteiger partial charge in [-0.05, 0) is 57.6 Å². The summed E-state index contributed by atoms with van der Waals surface area (Å²) in [6.07, 6.45) is 9.43. The molecule has 0 saturated heterocycles. The first-order valence-electron chi connectivity index (χ1n) is 10.1. The van der Waals surface area contributed by atoms with Crippen molar-refractivity contribution in [3.63, 3.8) is 0 Å². The van der Waals surface area contributed by atoms with E-state index >= 15 is 0 Å². The summed E-state index contributed by atoms with van der Waals surface area (Å²) >= 11 is 5.93. The van der Waals surface area contributed by atoms with E-state index in [0.717, 1.165) is 22.0 Å². The van der Waals surface area contributed by atoms with Crippen LogP contribution in [0.25, 0.3) is 10.9 Å². The van der Waals surface area contributed by atoms with Crippen LogP contribution in [0.1, 0.15) is 32.1 Å². The number of hydrogen-bond donors (Lipinski definition) is 1. The van der Waals surface area contributed by atoms with Crippen LogP contribution in [-0.4, -0.2) is 63.6 Å². The third-order valence-electron chi connectivity index (χ3n) is 4.70. The number of halogens is 1. The molecule has 0 bridgehead atoms. The van der Waals surface area contributed by atoms with E-state index in [0.29, 0.717) is 26.9 Å². The normalized spacial score (nSPS) is 10.4. The Morgan fingerprint density at radius 3 is 2.23 bits per heavy atom. The Labute approximate surface area is 219 Å². The Kier molecular flexibility index (Phi) is 9.64. The monoisotopic (exact) mass is 575 g/mol. The lowest BCUT2D eigenvalue weighted by atomic mass is 10.0. The minimum Gasteiger partial charge on any atom is -0.464 e. The van der Waals surface area contributed by atoms with Crippen molar-refractivity contribution < 1.29 is 19.1 Å². The van der Waals surface area contributed by atoms with Crippen molar-refractivity contribution in [2.45, 2.75) is 16.7 Å². The van der Waals surface area contributed by atoms with Gasteiger partial charge in [0.2, 0.25) is 0 Å². The number of thioether (sulfide) groups is 2. The molecule has 12 heteroatoms. The molecule has 4 aromatic rings. The smallest absolute Gasteiger partial charge is 0.358 e. The summed E-state index contributed by atoms with van der Waals surface area (Å²) in [5, 5.41) is 2.24. The summed E-state index contributed by atoms with van der Waals surface area (Å²) in [6.45, 7) is 0. The van der Waals surface area contributed by atoms with E-state index in [1.54, 1.807) is 6.20 Å². The van der Waals surface area contributed by atoms with Crippen molar-refractivity contribution in [2.24, 2.45) is 0 Å². The Bertz CT molecular complexity index is 1350. The maximum Gasteiger partial charge on any atom is 0.358 e. The van der Waals surface area contributed by atoms with E-state index in [-0.39, 0.29) is 5.69 Å². The number of carbonyl (C=O) groups excluding carboxylic acids is 2. The number of ether oxygens (including phenoxy) is 2. The number of carbonyl (C=O) groups is 2. The maximum absolute atomic E-state index is 11.9. The Hall–Kier alpha value is -2.96. The molecule has 9 nitrogen and oxygen atoms in total. The molecule has 35 heavy (non-hydrogen) atoms. The van der Waals surface area contributed by atoms with Crippen molar-refractivity contribution >= 4 is 62.3 Å². The first-order chi connectivity index (χ1) is 16.9. The van der Waals surface area contributed by atoms with E-state index in [9.17, 15) is 9.59 Å². The van der Waals surface area contributed by atoms with E-state index in [1.807, 2.05) is 36.9 Å². The largest absolute Gasteiger partial charge is 0.464 e. The lowest BCUT2D eigenvalue weighted by Gasteiger charge is -2.08.